The molecule has 6 rings (SSSR count). The Balaban J connectivity index is 1.23. The third-order valence-electron chi connectivity index (χ3n) is 9.25. The van der Waals surface area contributed by atoms with Crippen LogP contribution in [0.2, 0.25) is 0 Å². The largest absolute Gasteiger partial charge is 0.399 e. The van der Waals surface area contributed by atoms with Gasteiger partial charge in [0.25, 0.3) is 5.91 Å². The summed E-state index contributed by atoms with van der Waals surface area (Å²) in [4.78, 5) is 84.8. The average Bonchev–Trinajstić information content (AvgIpc) is 3.65. The molecule has 0 unspecified atom stereocenters. The number of fused-ring (bicyclic) bond motifs is 2. The monoisotopic (exact) mass is 700 g/mol. The first kappa shape index (κ1) is 33.6. The van der Waals surface area contributed by atoms with E-state index in [0.717, 1.165) is 23.5 Å². The van der Waals surface area contributed by atoms with Crippen LogP contribution in [0, 0.1) is 6.57 Å². The number of pyridine rings is 1. The standard InChI is InChI=1S/C31H31F2N6O7PS/c1-18(40)37-12-10-21-7-8-23(29(43)38-16-30(17-38,34-2)26-5-3-4-11-35-26)39(21)28(42)22(15-37)36-27(41)25-14-19-13-20(6-9-24(19)48-25)31(32,33)47(44,45)46/h3-6,9,11,13-14,21-23H,7-8,10,12,15-17H2,1H3,(H,36,41)(H2,44,45,46)/t21-,22+,23+/m1/s1. The summed E-state index contributed by atoms with van der Waals surface area (Å²) in [6.45, 7) is 9.53. The van der Waals surface area contributed by atoms with Gasteiger partial charge in [-0.1, -0.05) is 12.1 Å². The number of thiophene rings is 1. The van der Waals surface area contributed by atoms with Gasteiger partial charge in [0.1, 0.15) is 30.9 Å². The van der Waals surface area contributed by atoms with Crippen LogP contribution in [0.3, 0.4) is 0 Å². The lowest BCUT2D eigenvalue weighted by Gasteiger charge is -2.44. The summed E-state index contributed by atoms with van der Waals surface area (Å²) in [5.41, 5.74) is -5.74. The van der Waals surface area contributed by atoms with Crippen LogP contribution in [-0.2, 0) is 30.2 Å². The molecule has 2 aromatic heterocycles. The van der Waals surface area contributed by atoms with Crippen molar-refractivity contribution in [3.8, 4) is 0 Å². The number of likely N-dealkylation sites (tertiary alicyclic amines) is 1. The normalized spacial score (nSPS) is 22.7. The van der Waals surface area contributed by atoms with Crippen LogP contribution >= 0.6 is 18.9 Å². The summed E-state index contributed by atoms with van der Waals surface area (Å²) in [6, 6.07) is 7.13. The van der Waals surface area contributed by atoms with E-state index in [4.69, 9.17) is 16.4 Å². The third-order valence-corrected chi connectivity index (χ3v) is 11.4. The van der Waals surface area contributed by atoms with Crippen LogP contribution in [0.1, 0.15) is 47.1 Å². The molecule has 3 saturated heterocycles. The first-order valence-electron chi connectivity index (χ1n) is 15.1. The number of nitrogens with zero attached hydrogens (tertiary/aromatic N) is 5. The minimum absolute atomic E-state index is 0.0436. The molecule has 3 N–H and O–H groups in total. The summed E-state index contributed by atoms with van der Waals surface area (Å²) in [6.07, 6.45) is 2.91. The predicted molar refractivity (Wildman–Crippen MR) is 169 cm³/mol. The van der Waals surface area contributed by atoms with Gasteiger partial charge in [-0.2, -0.15) is 8.78 Å². The Hall–Kier alpha value is -4.29. The van der Waals surface area contributed by atoms with Crippen molar-refractivity contribution >= 4 is 52.6 Å². The Morgan fingerprint density at radius 1 is 1.12 bits per heavy atom. The van der Waals surface area contributed by atoms with Crippen LogP contribution < -0.4 is 5.32 Å². The van der Waals surface area contributed by atoms with Gasteiger partial charge in [-0.05, 0) is 55.0 Å². The molecule has 3 atom stereocenters. The highest BCUT2D eigenvalue weighted by Gasteiger charge is 2.57. The van der Waals surface area contributed by atoms with Gasteiger partial charge in [-0.15, -0.1) is 11.3 Å². The van der Waals surface area contributed by atoms with E-state index in [1.807, 2.05) is 0 Å². The number of benzene rings is 1. The second-order valence-electron chi connectivity index (χ2n) is 12.3. The van der Waals surface area contributed by atoms with Crippen molar-refractivity contribution in [3.63, 3.8) is 0 Å². The van der Waals surface area contributed by atoms with E-state index in [9.17, 15) is 32.5 Å². The number of carbonyl (C=O) groups excluding carboxylic acids is 4. The Morgan fingerprint density at radius 2 is 1.88 bits per heavy atom. The third kappa shape index (κ3) is 5.85. The summed E-state index contributed by atoms with van der Waals surface area (Å²) in [5, 5.41) is 2.83. The maximum atomic E-state index is 14.3. The molecule has 3 aromatic rings. The number of alkyl halides is 2. The molecular formula is C31H31F2N6O7PS. The van der Waals surface area contributed by atoms with Crippen LogP contribution in [-0.4, -0.2) is 97.4 Å². The molecule has 17 heteroatoms. The van der Waals surface area contributed by atoms with E-state index < -0.39 is 48.3 Å². The minimum Gasteiger partial charge on any atom is -0.340 e. The molecule has 4 amide bonds. The van der Waals surface area contributed by atoms with Crippen molar-refractivity contribution in [3.05, 3.63) is 76.2 Å². The highest BCUT2D eigenvalue weighted by atomic mass is 32.1. The smallest absolute Gasteiger partial charge is 0.340 e. The van der Waals surface area contributed by atoms with Crippen molar-refractivity contribution in [1.82, 2.24) is 25.0 Å². The lowest BCUT2D eigenvalue weighted by Crippen LogP contribution is -2.65. The Bertz CT molecular complexity index is 1890. The molecule has 3 aliphatic rings. The Kier molecular flexibility index (Phi) is 8.61. The second kappa shape index (κ2) is 12.3. The molecule has 13 nitrogen and oxygen atoms in total. The van der Waals surface area contributed by atoms with E-state index in [1.54, 1.807) is 29.3 Å². The van der Waals surface area contributed by atoms with Crippen molar-refractivity contribution in [2.24, 2.45) is 0 Å². The lowest BCUT2D eigenvalue weighted by atomic mass is 9.86. The number of carbonyl (C=O) groups is 4. The molecule has 0 bridgehead atoms. The number of halogens is 2. The number of amides is 4. The number of nitrogens with one attached hydrogen (secondary N) is 1. The molecule has 1 aromatic carbocycles. The lowest BCUT2D eigenvalue weighted by molar-refractivity contribution is -0.152. The minimum atomic E-state index is -5.81. The first-order chi connectivity index (χ1) is 22.6. The molecule has 252 valence electrons. The van der Waals surface area contributed by atoms with Gasteiger partial charge in [-0.3, -0.25) is 33.6 Å². The van der Waals surface area contributed by atoms with Gasteiger partial charge in [0, 0.05) is 42.5 Å². The van der Waals surface area contributed by atoms with Crippen molar-refractivity contribution in [2.75, 3.05) is 26.2 Å². The summed E-state index contributed by atoms with van der Waals surface area (Å²) < 4.78 is 40.4. The zero-order valence-electron chi connectivity index (χ0n) is 25.6. The van der Waals surface area contributed by atoms with Crippen molar-refractivity contribution in [1.29, 1.82) is 0 Å². The zero-order valence-corrected chi connectivity index (χ0v) is 27.3. The van der Waals surface area contributed by atoms with E-state index >= 15 is 0 Å². The van der Waals surface area contributed by atoms with Gasteiger partial charge in [0.2, 0.25) is 17.7 Å². The van der Waals surface area contributed by atoms with Gasteiger partial charge in [0.15, 0.2) is 0 Å². The van der Waals surface area contributed by atoms with Crippen LogP contribution in [0.25, 0.3) is 14.9 Å². The van der Waals surface area contributed by atoms with E-state index in [1.165, 1.54) is 28.9 Å². The fourth-order valence-electron chi connectivity index (χ4n) is 6.63. The molecule has 0 aliphatic carbocycles. The molecule has 48 heavy (non-hydrogen) atoms. The fraction of sp³-hybridized carbons (Fsp3) is 0.419. The zero-order chi connectivity index (χ0) is 34.6. The number of hydrogen-bond acceptors (Lipinski definition) is 7. The van der Waals surface area contributed by atoms with Crippen LogP contribution in [0.4, 0.5) is 8.78 Å². The van der Waals surface area contributed by atoms with E-state index in [-0.39, 0.29) is 47.8 Å². The van der Waals surface area contributed by atoms with E-state index in [0.29, 0.717) is 36.2 Å². The molecule has 0 saturated carbocycles. The van der Waals surface area contributed by atoms with Gasteiger partial charge in [-0.25, -0.2) is 6.57 Å². The molecule has 3 fully saturated rings. The second-order valence-corrected chi connectivity index (χ2v) is 15.0. The van der Waals surface area contributed by atoms with Crippen molar-refractivity contribution < 1.29 is 42.3 Å². The Morgan fingerprint density at radius 3 is 2.52 bits per heavy atom. The highest BCUT2D eigenvalue weighted by molar-refractivity contribution is 7.52. The van der Waals surface area contributed by atoms with Gasteiger partial charge in [0.05, 0.1) is 4.88 Å². The Labute approximate surface area is 277 Å². The summed E-state index contributed by atoms with van der Waals surface area (Å²) in [5.74, 6) is -1.86. The average molecular weight is 701 g/mol. The summed E-state index contributed by atoms with van der Waals surface area (Å²) >= 11 is 0.931. The SMILES string of the molecule is [C-]#[N+]C1(c2ccccn2)CN(C(=O)[C@@H]2CC[C@@H]3CCN(C(C)=O)C[C@H](NC(=O)c4cc5cc(C(F)(F)P(=O)(O)O)ccc5s4)C(=O)N32)C1. The highest BCUT2D eigenvalue weighted by Crippen LogP contribution is 2.59. The molecule has 5 heterocycles. The first-order valence-corrected chi connectivity index (χ1v) is 17.5. The van der Waals surface area contributed by atoms with Gasteiger partial charge >= 0.3 is 18.8 Å². The predicted octanol–water partition coefficient (Wildman–Crippen LogP) is 2.89. The maximum Gasteiger partial charge on any atom is 0.399 e. The maximum absolute atomic E-state index is 14.3. The number of aromatic nitrogens is 1. The van der Waals surface area contributed by atoms with Crippen LogP contribution in [0.15, 0.2) is 48.7 Å². The molecule has 0 radical (unpaired) electrons. The van der Waals surface area contributed by atoms with E-state index in [2.05, 4.69) is 15.1 Å². The molecule has 3 aliphatic heterocycles. The molecule has 0 spiro atoms. The topological polar surface area (TPSA) is 165 Å². The number of hydrogen-bond donors (Lipinski definition) is 3. The van der Waals surface area contributed by atoms with Crippen molar-refractivity contribution in [2.45, 2.75) is 55.5 Å². The fourth-order valence-corrected chi connectivity index (χ4v) is 8.05. The van der Waals surface area contributed by atoms with Crippen LogP contribution in [0.5, 0.6) is 0 Å². The van der Waals surface area contributed by atoms with Gasteiger partial charge < -0.3 is 29.8 Å². The quantitative estimate of drug-likeness (QED) is 0.261. The summed E-state index contributed by atoms with van der Waals surface area (Å²) in [7, 11) is -5.81. The number of rotatable bonds is 6. The molecular weight excluding hydrogens is 669 g/mol.